The quantitative estimate of drug-likeness (QED) is 0.468. The lowest BCUT2D eigenvalue weighted by Gasteiger charge is -2.07. The van der Waals surface area contributed by atoms with Gasteiger partial charge in [-0.2, -0.15) is 0 Å². The smallest absolute Gasteiger partial charge is 0.333 e. The van der Waals surface area contributed by atoms with Crippen molar-refractivity contribution >= 4 is 17.7 Å². The highest BCUT2D eigenvalue weighted by atomic mass is 16.5. The highest BCUT2D eigenvalue weighted by Gasteiger charge is 2.04. The van der Waals surface area contributed by atoms with Gasteiger partial charge in [-0.1, -0.05) is 6.58 Å². The van der Waals surface area contributed by atoms with Crippen LogP contribution in [0, 0.1) is 0 Å². The molecule has 0 radical (unpaired) electrons. The first kappa shape index (κ1) is 13.7. The Kier molecular flexibility index (Phi) is 5.37. The van der Waals surface area contributed by atoms with Gasteiger partial charge in [0.15, 0.2) is 0 Å². The van der Waals surface area contributed by atoms with Gasteiger partial charge in [0.05, 0.1) is 18.4 Å². The fourth-order valence-electron chi connectivity index (χ4n) is 1.04. The molecule has 6 nitrogen and oxygen atoms in total. The number of nitrogens with one attached hydrogen (secondary N) is 2. The molecule has 0 aliphatic heterocycles. The fraction of sp³-hybridized carbons (Fsp3) is 0.250. The third kappa shape index (κ3) is 5.11. The van der Waals surface area contributed by atoms with Crippen molar-refractivity contribution in [2.24, 2.45) is 0 Å². The molecule has 1 aromatic rings. The van der Waals surface area contributed by atoms with Crippen molar-refractivity contribution in [1.82, 2.24) is 10.3 Å². The summed E-state index contributed by atoms with van der Waals surface area (Å²) < 4.78 is 4.81. The number of anilines is 1. The van der Waals surface area contributed by atoms with E-state index in [1.54, 1.807) is 25.3 Å². The number of hydrogen-bond donors (Lipinski definition) is 2. The number of ether oxygens (including phenoxy) is 1. The second-order valence-electron chi connectivity index (χ2n) is 3.54. The van der Waals surface area contributed by atoms with Crippen molar-refractivity contribution in [2.45, 2.75) is 6.92 Å². The third-order valence-electron chi connectivity index (χ3n) is 1.89. The maximum absolute atomic E-state index is 11.4. The van der Waals surface area contributed by atoms with Crippen LogP contribution in [0.15, 0.2) is 36.7 Å². The normalized spacial score (nSPS) is 9.39. The van der Waals surface area contributed by atoms with Crippen LogP contribution in [-0.4, -0.2) is 30.1 Å². The van der Waals surface area contributed by atoms with Gasteiger partial charge < -0.3 is 15.4 Å². The van der Waals surface area contributed by atoms with Crippen LogP contribution in [-0.2, 0) is 9.53 Å². The van der Waals surface area contributed by atoms with Crippen LogP contribution in [0.1, 0.15) is 6.92 Å². The van der Waals surface area contributed by atoms with Crippen molar-refractivity contribution in [3.05, 3.63) is 36.7 Å². The summed E-state index contributed by atoms with van der Waals surface area (Å²) in [6, 6.07) is 3.05. The molecule has 6 heteroatoms. The summed E-state index contributed by atoms with van der Waals surface area (Å²) >= 11 is 0. The number of urea groups is 1. The molecule has 0 aromatic carbocycles. The van der Waals surface area contributed by atoms with Gasteiger partial charge in [-0.05, 0) is 19.1 Å². The van der Waals surface area contributed by atoms with E-state index in [-0.39, 0.29) is 19.2 Å². The van der Waals surface area contributed by atoms with Gasteiger partial charge in [0.1, 0.15) is 6.61 Å². The second-order valence-corrected chi connectivity index (χ2v) is 3.54. The van der Waals surface area contributed by atoms with E-state index in [1.807, 2.05) is 0 Å². The Balaban J connectivity index is 2.18. The Bertz CT molecular complexity index is 431. The molecule has 2 N–H and O–H groups in total. The zero-order chi connectivity index (χ0) is 13.4. The predicted octanol–water partition coefficient (Wildman–Crippen LogP) is 1.32. The van der Waals surface area contributed by atoms with Crippen LogP contribution in [0.3, 0.4) is 0 Å². The molecule has 0 spiro atoms. The molecule has 0 aliphatic rings. The van der Waals surface area contributed by atoms with Gasteiger partial charge in [0, 0.05) is 11.8 Å². The summed E-state index contributed by atoms with van der Waals surface area (Å²) in [5.41, 5.74) is 0.920. The van der Waals surface area contributed by atoms with E-state index in [9.17, 15) is 9.59 Å². The zero-order valence-corrected chi connectivity index (χ0v) is 10.1. The molecule has 0 saturated carbocycles. The largest absolute Gasteiger partial charge is 0.460 e. The van der Waals surface area contributed by atoms with Gasteiger partial charge in [0.25, 0.3) is 0 Å². The molecule has 0 aliphatic carbocycles. The molecule has 0 unspecified atom stereocenters. The van der Waals surface area contributed by atoms with Gasteiger partial charge in [-0.3, -0.25) is 4.98 Å². The number of pyridine rings is 1. The van der Waals surface area contributed by atoms with E-state index in [2.05, 4.69) is 22.2 Å². The summed E-state index contributed by atoms with van der Waals surface area (Å²) in [5, 5.41) is 5.12. The number of amides is 2. The van der Waals surface area contributed by atoms with E-state index in [0.29, 0.717) is 11.3 Å². The Hall–Kier alpha value is -2.37. The van der Waals surface area contributed by atoms with E-state index in [4.69, 9.17) is 4.74 Å². The topological polar surface area (TPSA) is 80.3 Å². The van der Waals surface area contributed by atoms with Gasteiger partial charge >= 0.3 is 12.0 Å². The number of rotatable bonds is 5. The average Bonchev–Trinajstić information content (AvgIpc) is 2.35. The Labute approximate surface area is 105 Å². The van der Waals surface area contributed by atoms with Crippen molar-refractivity contribution in [1.29, 1.82) is 0 Å². The van der Waals surface area contributed by atoms with E-state index >= 15 is 0 Å². The summed E-state index contributed by atoms with van der Waals surface area (Å²) in [6.45, 7) is 5.33. The molecule has 0 bridgehead atoms. The monoisotopic (exact) mass is 249 g/mol. The number of carbonyl (C=O) groups is 2. The van der Waals surface area contributed by atoms with E-state index < -0.39 is 5.97 Å². The molecule has 18 heavy (non-hydrogen) atoms. The number of aromatic nitrogens is 1. The summed E-state index contributed by atoms with van der Waals surface area (Å²) in [7, 11) is 0. The standard InChI is InChI=1S/C12H15N3O3/c1-9(2)11(16)18-7-6-14-12(17)15-10-4-3-5-13-8-10/h3-5,8H,1,6-7H2,2H3,(H2,14,15,17). The minimum absolute atomic E-state index is 0.103. The van der Waals surface area contributed by atoms with Crippen LogP contribution in [0.5, 0.6) is 0 Å². The zero-order valence-electron chi connectivity index (χ0n) is 10.1. The average molecular weight is 249 g/mol. The lowest BCUT2D eigenvalue weighted by Crippen LogP contribution is -2.32. The van der Waals surface area contributed by atoms with Gasteiger partial charge in [-0.15, -0.1) is 0 Å². The molecular formula is C12H15N3O3. The molecule has 1 heterocycles. The first-order valence-electron chi connectivity index (χ1n) is 5.37. The Morgan fingerprint density at radius 1 is 1.50 bits per heavy atom. The van der Waals surface area contributed by atoms with Crippen molar-refractivity contribution in [3.63, 3.8) is 0 Å². The molecule has 0 fully saturated rings. The molecule has 0 atom stereocenters. The highest BCUT2D eigenvalue weighted by Crippen LogP contribution is 2.01. The molecule has 2 amide bonds. The Morgan fingerprint density at radius 2 is 2.28 bits per heavy atom. The highest BCUT2D eigenvalue weighted by molar-refractivity contribution is 5.89. The van der Waals surface area contributed by atoms with Crippen molar-refractivity contribution in [2.75, 3.05) is 18.5 Å². The SMILES string of the molecule is C=C(C)C(=O)OCCNC(=O)Nc1cccnc1. The predicted molar refractivity (Wildman–Crippen MR) is 67.0 cm³/mol. The minimum atomic E-state index is -0.468. The number of hydrogen-bond acceptors (Lipinski definition) is 4. The van der Waals surface area contributed by atoms with Crippen LogP contribution < -0.4 is 10.6 Å². The van der Waals surface area contributed by atoms with Crippen LogP contribution in [0.25, 0.3) is 0 Å². The van der Waals surface area contributed by atoms with Crippen LogP contribution in [0.4, 0.5) is 10.5 Å². The number of esters is 1. The Morgan fingerprint density at radius 3 is 2.89 bits per heavy atom. The van der Waals surface area contributed by atoms with Crippen molar-refractivity contribution in [3.8, 4) is 0 Å². The first-order valence-corrected chi connectivity index (χ1v) is 5.37. The molecule has 1 aromatic heterocycles. The minimum Gasteiger partial charge on any atom is -0.460 e. The third-order valence-corrected chi connectivity index (χ3v) is 1.89. The molecule has 0 saturated heterocycles. The molecule has 96 valence electrons. The first-order chi connectivity index (χ1) is 8.59. The van der Waals surface area contributed by atoms with E-state index in [0.717, 1.165) is 0 Å². The molecule has 1 rings (SSSR count). The maximum atomic E-state index is 11.4. The summed E-state index contributed by atoms with van der Waals surface area (Å²) in [5.74, 6) is -0.468. The lowest BCUT2D eigenvalue weighted by atomic mass is 10.4. The van der Waals surface area contributed by atoms with Crippen LogP contribution >= 0.6 is 0 Å². The number of nitrogens with zero attached hydrogens (tertiary/aromatic N) is 1. The van der Waals surface area contributed by atoms with E-state index in [1.165, 1.54) is 6.20 Å². The maximum Gasteiger partial charge on any atom is 0.333 e. The fourth-order valence-corrected chi connectivity index (χ4v) is 1.04. The molecular weight excluding hydrogens is 234 g/mol. The van der Waals surface area contributed by atoms with Gasteiger partial charge in [-0.25, -0.2) is 9.59 Å². The summed E-state index contributed by atoms with van der Waals surface area (Å²) in [4.78, 5) is 26.3. The van der Waals surface area contributed by atoms with Crippen LogP contribution in [0.2, 0.25) is 0 Å². The lowest BCUT2D eigenvalue weighted by molar-refractivity contribution is -0.138. The van der Waals surface area contributed by atoms with Gasteiger partial charge in [0.2, 0.25) is 0 Å². The summed E-state index contributed by atoms with van der Waals surface area (Å²) in [6.07, 6.45) is 3.14. The second kappa shape index (κ2) is 7.05. The number of carbonyl (C=O) groups excluding carboxylic acids is 2. The van der Waals surface area contributed by atoms with Crippen molar-refractivity contribution < 1.29 is 14.3 Å².